The van der Waals surface area contributed by atoms with Crippen molar-refractivity contribution in [2.45, 2.75) is 18.7 Å². The van der Waals surface area contributed by atoms with Crippen LogP contribution in [0.25, 0.3) is 11.1 Å². The number of aromatic amines is 1. The summed E-state index contributed by atoms with van der Waals surface area (Å²) in [5.41, 5.74) is 1.28. The molecule has 9 heteroatoms. The van der Waals surface area contributed by atoms with E-state index in [2.05, 4.69) is 28.8 Å². The molecule has 0 unspecified atom stereocenters. The molecule has 0 saturated carbocycles. The van der Waals surface area contributed by atoms with E-state index in [1.165, 1.54) is 24.4 Å². The number of H-pyrrole nitrogens is 1. The van der Waals surface area contributed by atoms with Crippen molar-refractivity contribution in [2.24, 2.45) is 11.0 Å². The number of fused-ring (bicyclic) bond motifs is 1. The summed E-state index contributed by atoms with van der Waals surface area (Å²) < 4.78 is 35.1. The minimum Gasteiger partial charge on any atom is -0.493 e. The van der Waals surface area contributed by atoms with E-state index >= 15 is 0 Å². The standard InChI is InChI=1S/C18H19N3O5S/c1-12(2)11-25-14-5-3-13(4-6-14)10-19-21-27(23,24)15-7-8-16-17(9-15)26-18(22)20-16/h3-10,12,21H,11H2,1-2H3,(H,20,22)/b19-10+. The summed E-state index contributed by atoms with van der Waals surface area (Å²) in [5.74, 6) is 0.522. The van der Waals surface area contributed by atoms with Crippen molar-refractivity contribution in [3.05, 3.63) is 58.6 Å². The minimum absolute atomic E-state index is 0.0627. The second-order valence-corrected chi connectivity index (χ2v) is 7.96. The van der Waals surface area contributed by atoms with Crippen LogP contribution >= 0.6 is 0 Å². The summed E-state index contributed by atoms with van der Waals surface area (Å²) >= 11 is 0. The molecule has 1 heterocycles. The van der Waals surface area contributed by atoms with Gasteiger partial charge in [-0.15, -0.1) is 0 Å². The third-order valence-corrected chi connectivity index (χ3v) is 4.77. The average molecular weight is 389 g/mol. The van der Waals surface area contributed by atoms with Gasteiger partial charge in [0.1, 0.15) is 5.75 Å². The molecule has 3 aromatic rings. The van der Waals surface area contributed by atoms with Gasteiger partial charge in [-0.2, -0.15) is 13.5 Å². The van der Waals surface area contributed by atoms with Crippen LogP contribution in [0.5, 0.6) is 5.75 Å². The first-order chi connectivity index (χ1) is 12.8. The van der Waals surface area contributed by atoms with Crippen LogP contribution in [0.3, 0.4) is 0 Å². The van der Waals surface area contributed by atoms with Crippen molar-refractivity contribution in [3.8, 4) is 5.75 Å². The molecule has 0 spiro atoms. The molecule has 2 aromatic carbocycles. The zero-order valence-corrected chi connectivity index (χ0v) is 15.6. The summed E-state index contributed by atoms with van der Waals surface area (Å²) in [5, 5.41) is 3.77. The number of hydrogen-bond donors (Lipinski definition) is 2. The maximum atomic E-state index is 12.3. The number of hydrogen-bond acceptors (Lipinski definition) is 6. The molecular weight excluding hydrogens is 370 g/mol. The van der Waals surface area contributed by atoms with Crippen LogP contribution in [0, 0.1) is 5.92 Å². The van der Waals surface area contributed by atoms with Gasteiger partial charge in [-0.1, -0.05) is 13.8 Å². The predicted molar refractivity (Wildman–Crippen MR) is 102 cm³/mol. The first-order valence-corrected chi connectivity index (χ1v) is 9.72. The van der Waals surface area contributed by atoms with Gasteiger partial charge in [-0.05, 0) is 47.9 Å². The van der Waals surface area contributed by atoms with E-state index in [4.69, 9.17) is 9.15 Å². The highest BCUT2D eigenvalue weighted by atomic mass is 32.2. The summed E-state index contributed by atoms with van der Waals surface area (Å²) in [4.78, 5) is 15.7. The Kier molecular flexibility index (Phi) is 5.31. The largest absolute Gasteiger partial charge is 0.493 e. The Hall–Kier alpha value is -3.07. The third kappa shape index (κ3) is 4.76. The molecule has 0 atom stereocenters. The van der Waals surface area contributed by atoms with Crippen LogP contribution in [0.2, 0.25) is 0 Å². The topological polar surface area (TPSA) is 114 Å². The summed E-state index contributed by atoms with van der Waals surface area (Å²) in [6.07, 6.45) is 1.39. The fourth-order valence-corrected chi connectivity index (χ4v) is 3.04. The number of oxazole rings is 1. The molecule has 0 aliphatic rings. The van der Waals surface area contributed by atoms with Gasteiger partial charge in [0.25, 0.3) is 10.0 Å². The van der Waals surface area contributed by atoms with Gasteiger partial charge in [-0.3, -0.25) is 4.98 Å². The number of nitrogens with zero attached hydrogens (tertiary/aromatic N) is 1. The SMILES string of the molecule is CC(C)COc1ccc(/C=N/NS(=O)(=O)c2ccc3[nH]c(=O)oc3c2)cc1. The average Bonchev–Trinajstić information content (AvgIpc) is 3.00. The Balaban J connectivity index is 1.67. The van der Waals surface area contributed by atoms with Crippen molar-refractivity contribution < 1.29 is 17.6 Å². The fourth-order valence-electron chi connectivity index (χ4n) is 2.23. The summed E-state index contributed by atoms with van der Waals surface area (Å²) in [6, 6.07) is 11.2. The van der Waals surface area contributed by atoms with Gasteiger partial charge in [0.05, 0.1) is 23.2 Å². The molecule has 0 aliphatic heterocycles. The maximum absolute atomic E-state index is 12.3. The van der Waals surface area contributed by atoms with Gasteiger partial charge < -0.3 is 9.15 Å². The van der Waals surface area contributed by atoms with Gasteiger partial charge in [0.15, 0.2) is 5.58 Å². The first-order valence-electron chi connectivity index (χ1n) is 8.24. The second-order valence-electron chi connectivity index (χ2n) is 6.30. The van der Waals surface area contributed by atoms with Crippen molar-refractivity contribution in [1.82, 2.24) is 9.82 Å². The molecule has 0 amide bonds. The zero-order chi connectivity index (χ0) is 19.4. The second kappa shape index (κ2) is 7.67. The molecular formula is C18H19N3O5S. The highest BCUT2D eigenvalue weighted by Gasteiger charge is 2.14. The molecule has 3 rings (SSSR count). The van der Waals surface area contributed by atoms with E-state index in [1.807, 2.05) is 0 Å². The van der Waals surface area contributed by atoms with E-state index in [0.29, 0.717) is 23.6 Å². The van der Waals surface area contributed by atoms with E-state index in [1.54, 1.807) is 24.3 Å². The quantitative estimate of drug-likeness (QED) is 0.476. The highest BCUT2D eigenvalue weighted by molar-refractivity contribution is 7.89. The Morgan fingerprint density at radius 1 is 1.22 bits per heavy atom. The number of rotatable bonds is 7. The van der Waals surface area contributed by atoms with Crippen LogP contribution in [0.4, 0.5) is 0 Å². The molecule has 8 nitrogen and oxygen atoms in total. The van der Waals surface area contributed by atoms with E-state index in [-0.39, 0.29) is 10.5 Å². The number of hydrazone groups is 1. The molecule has 0 saturated heterocycles. The highest BCUT2D eigenvalue weighted by Crippen LogP contribution is 2.16. The molecule has 0 aliphatic carbocycles. The van der Waals surface area contributed by atoms with Crippen molar-refractivity contribution >= 4 is 27.3 Å². The Labute approximate surface area is 155 Å². The first kappa shape index (κ1) is 18.7. The smallest absolute Gasteiger partial charge is 0.417 e. The number of ether oxygens (including phenoxy) is 1. The molecule has 0 fully saturated rings. The minimum atomic E-state index is -3.89. The summed E-state index contributed by atoms with van der Waals surface area (Å²) in [6.45, 7) is 4.75. The number of aromatic nitrogens is 1. The zero-order valence-electron chi connectivity index (χ0n) is 14.8. The van der Waals surface area contributed by atoms with E-state index in [9.17, 15) is 13.2 Å². The lowest BCUT2D eigenvalue weighted by atomic mass is 10.2. The lowest BCUT2D eigenvalue weighted by Crippen LogP contribution is -2.18. The van der Waals surface area contributed by atoms with Crippen molar-refractivity contribution in [3.63, 3.8) is 0 Å². The van der Waals surface area contributed by atoms with Crippen LogP contribution in [0.15, 0.2) is 61.7 Å². The van der Waals surface area contributed by atoms with Crippen LogP contribution in [-0.2, 0) is 10.0 Å². The van der Waals surface area contributed by atoms with Crippen LogP contribution in [0.1, 0.15) is 19.4 Å². The molecule has 0 bridgehead atoms. The van der Waals surface area contributed by atoms with Gasteiger partial charge >= 0.3 is 5.76 Å². The number of sulfonamides is 1. The fraction of sp³-hybridized carbons (Fsp3) is 0.222. The van der Waals surface area contributed by atoms with E-state index in [0.717, 1.165) is 5.75 Å². The Morgan fingerprint density at radius 3 is 2.67 bits per heavy atom. The van der Waals surface area contributed by atoms with Gasteiger partial charge in [0, 0.05) is 6.07 Å². The normalized spacial score (nSPS) is 12.1. The molecule has 27 heavy (non-hydrogen) atoms. The van der Waals surface area contributed by atoms with Crippen LogP contribution in [-0.4, -0.2) is 26.2 Å². The third-order valence-electron chi connectivity index (χ3n) is 3.55. The van der Waals surface area contributed by atoms with Gasteiger partial charge in [-0.25, -0.2) is 9.63 Å². The number of benzene rings is 2. The molecule has 142 valence electrons. The maximum Gasteiger partial charge on any atom is 0.417 e. The lowest BCUT2D eigenvalue weighted by Gasteiger charge is -2.08. The number of nitrogens with one attached hydrogen (secondary N) is 2. The summed E-state index contributed by atoms with van der Waals surface area (Å²) in [7, 11) is -3.89. The Bertz CT molecular complexity index is 1110. The molecule has 1 aromatic heterocycles. The predicted octanol–water partition coefficient (Wildman–Crippen LogP) is 2.47. The van der Waals surface area contributed by atoms with Crippen molar-refractivity contribution in [1.29, 1.82) is 0 Å². The monoisotopic (exact) mass is 389 g/mol. The van der Waals surface area contributed by atoms with E-state index < -0.39 is 15.8 Å². The van der Waals surface area contributed by atoms with Crippen LogP contribution < -0.4 is 15.3 Å². The van der Waals surface area contributed by atoms with Gasteiger partial charge in [0.2, 0.25) is 0 Å². The lowest BCUT2D eigenvalue weighted by molar-refractivity contribution is 0.271. The van der Waals surface area contributed by atoms with Crippen molar-refractivity contribution in [2.75, 3.05) is 6.61 Å². The Morgan fingerprint density at radius 2 is 1.96 bits per heavy atom. The molecule has 2 N–H and O–H groups in total. The molecule has 0 radical (unpaired) electrons.